The first-order valence-corrected chi connectivity index (χ1v) is 18.1. The maximum absolute atomic E-state index is 13.7. The summed E-state index contributed by atoms with van der Waals surface area (Å²) in [6, 6.07) is 0. The predicted octanol–water partition coefficient (Wildman–Crippen LogP) is -2.18. The monoisotopic (exact) mass is 842 g/mol. The number of carbonyl (C=O) groups is 7. The van der Waals surface area contributed by atoms with Crippen LogP contribution in [-0.4, -0.2) is 171 Å². The van der Waals surface area contributed by atoms with Gasteiger partial charge in [-0.05, 0) is 54.9 Å². The highest BCUT2D eigenvalue weighted by Crippen LogP contribution is 2.31. The Morgan fingerprint density at radius 2 is 0.500 bits per heavy atom. The maximum atomic E-state index is 13.7. The van der Waals surface area contributed by atoms with Crippen LogP contribution in [0.3, 0.4) is 0 Å². The third kappa shape index (κ3) is 13.5. The summed E-state index contributed by atoms with van der Waals surface area (Å²) >= 11 is 0. The van der Waals surface area contributed by atoms with Crippen molar-refractivity contribution >= 4 is 41.8 Å². The van der Waals surface area contributed by atoms with E-state index in [0.29, 0.717) is 0 Å². The molecule has 0 aromatic carbocycles. The average molecular weight is 843 g/mol. The van der Waals surface area contributed by atoms with Crippen molar-refractivity contribution in [3.8, 4) is 0 Å². The van der Waals surface area contributed by atoms with E-state index in [4.69, 9.17) is 33.2 Å². The summed E-state index contributed by atoms with van der Waals surface area (Å²) in [5.41, 5.74) is -12.9. The molecule has 0 bridgehead atoms. The first-order valence-electron chi connectivity index (χ1n) is 18.1. The number of aliphatic hydroxyl groups excluding tert-OH is 7. The molecule has 0 rings (SSSR count). The van der Waals surface area contributed by atoms with Crippen molar-refractivity contribution < 1.29 is 102 Å². The lowest BCUT2D eigenvalue weighted by Crippen LogP contribution is -2.48. The van der Waals surface area contributed by atoms with Gasteiger partial charge in [-0.2, -0.15) is 0 Å². The van der Waals surface area contributed by atoms with Gasteiger partial charge in [-0.25, -0.2) is 0 Å². The van der Waals surface area contributed by atoms with E-state index in [2.05, 4.69) is 0 Å². The largest absolute Gasteiger partial charge is 0.468 e. The molecule has 0 aromatic heterocycles. The third-order valence-corrected chi connectivity index (χ3v) is 9.99. The van der Waals surface area contributed by atoms with Gasteiger partial charge >= 0.3 is 41.8 Å². The molecule has 0 amide bonds. The minimum Gasteiger partial charge on any atom is -0.468 e. The van der Waals surface area contributed by atoms with Crippen LogP contribution in [0.5, 0.6) is 0 Å². The van der Waals surface area contributed by atoms with Gasteiger partial charge in [-0.3, -0.25) is 33.6 Å². The molecule has 0 aliphatic carbocycles. The summed E-state index contributed by atoms with van der Waals surface area (Å²) in [6.45, 7) is -0.901. The van der Waals surface area contributed by atoms with Gasteiger partial charge in [0.2, 0.25) is 0 Å². The summed E-state index contributed by atoms with van der Waals surface area (Å²) < 4.78 is 36.6. The Morgan fingerprint density at radius 3 is 0.672 bits per heavy atom. The number of ether oxygens (including phenoxy) is 7. The van der Waals surface area contributed by atoms with Crippen LogP contribution >= 0.6 is 0 Å². The van der Waals surface area contributed by atoms with Crippen LogP contribution in [-0.2, 0) is 66.7 Å². The van der Waals surface area contributed by atoms with Gasteiger partial charge < -0.3 is 68.9 Å². The van der Waals surface area contributed by atoms with Crippen molar-refractivity contribution in [2.24, 2.45) is 37.9 Å². The second-order valence-corrected chi connectivity index (χ2v) is 16.3. The highest BCUT2D eigenvalue weighted by molar-refractivity contribution is 5.83. The molecule has 7 N–H and O–H groups in total. The second-order valence-electron chi connectivity index (χ2n) is 16.3. The van der Waals surface area contributed by atoms with Gasteiger partial charge in [0, 0.05) is 0 Å². The Hall–Kier alpha value is -3.99. The molecule has 58 heavy (non-hydrogen) atoms. The zero-order chi connectivity index (χ0) is 45.4. The fourth-order valence-corrected chi connectivity index (χ4v) is 3.98. The van der Waals surface area contributed by atoms with Crippen LogP contribution in [0, 0.1) is 37.9 Å². The van der Waals surface area contributed by atoms with Gasteiger partial charge in [0.05, 0.1) is 58.8 Å². The zero-order valence-electron chi connectivity index (χ0n) is 34.7. The number of aliphatic hydroxyl groups is 7. The van der Waals surface area contributed by atoms with Gasteiger partial charge in [0.25, 0.3) is 0 Å². The van der Waals surface area contributed by atoms with Crippen LogP contribution < -0.4 is 0 Å². The zero-order valence-corrected chi connectivity index (χ0v) is 34.7. The maximum Gasteiger partial charge on any atom is 0.318 e. The summed E-state index contributed by atoms with van der Waals surface area (Å²) in [5.74, 6) is -7.92. The minimum atomic E-state index is -2.08. The lowest BCUT2D eigenvalue weighted by Gasteiger charge is -2.33. The Balaban J connectivity index is 6.56. The molecular weight excluding hydrogens is 780 g/mol. The van der Waals surface area contributed by atoms with Crippen molar-refractivity contribution in [2.75, 3.05) is 93.0 Å². The van der Waals surface area contributed by atoms with Gasteiger partial charge in [-0.15, -0.1) is 0 Å². The summed E-state index contributed by atoms with van der Waals surface area (Å²) in [5, 5.41) is 67.4. The van der Waals surface area contributed by atoms with Gasteiger partial charge in [0.15, 0.2) is 0 Å². The fourth-order valence-electron chi connectivity index (χ4n) is 3.98. The molecule has 0 aliphatic rings. The molecule has 0 spiro atoms. The number of methoxy groups -OCH3 is 1. The predicted molar refractivity (Wildman–Crippen MR) is 194 cm³/mol. The van der Waals surface area contributed by atoms with Crippen molar-refractivity contribution in [1.29, 1.82) is 0 Å². The van der Waals surface area contributed by atoms with E-state index in [0.717, 1.165) is 21.0 Å². The van der Waals surface area contributed by atoms with Gasteiger partial charge in [0.1, 0.15) is 72.1 Å². The Bertz CT molecular complexity index is 1240. The molecule has 0 heterocycles. The van der Waals surface area contributed by atoms with Crippen LogP contribution in [0.25, 0.3) is 0 Å². The summed E-state index contributed by atoms with van der Waals surface area (Å²) in [4.78, 5) is 91.5. The van der Waals surface area contributed by atoms with Crippen molar-refractivity contribution in [1.82, 2.24) is 0 Å². The number of rotatable bonds is 27. The Labute approximate surface area is 336 Å². The molecule has 0 fully saturated rings. The van der Waals surface area contributed by atoms with Crippen molar-refractivity contribution in [3.05, 3.63) is 0 Å². The van der Waals surface area contributed by atoms with Crippen molar-refractivity contribution in [2.45, 2.75) is 61.8 Å². The Morgan fingerprint density at radius 1 is 0.328 bits per heavy atom. The van der Waals surface area contributed by atoms with E-state index in [1.165, 1.54) is 34.6 Å². The van der Waals surface area contributed by atoms with Crippen LogP contribution in [0.15, 0.2) is 0 Å². The SMILES string of the molecule is CCC(C)(CO)C(=O)OCC(C)(COC(=O)C(C)(CO)CO)C(=O)OCC(C)(COC(=O)C(C)(COC(=O)C(C)(CO)CO)COC(=O)C(C)(CO)CO)C(=O)OC. The van der Waals surface area contributed by atoms with Crippen LogP contribution in [0.1, 0.15) is 61.8 Å². The lowest BCUT2D eigenvalue weighted by atomic mass is 9.88. The van der Waals surface area contributed by atoms with E-state index < -0.39 is 166 Å². The molecular formula is C37H62O21. The molecule has 0 saturated carbocycles. The number of hydrogen-bond donors (Lipinski definition) is 7. The Kier molecular flexibility index (Phi) is 20.9. The quantitative estimate of drug-likeness (QED) is 0.0341. The van der Waals surface area contributed by atoms with Gasteiger partial charge in [-0.1, -0.05) is 6.92 Å². The van der Waals surface area contributed by atoms with Crippen LogP contribution in [0.2, 0.25) is 0 Å². The lowest BCUT2D eigenvalue weighted by molar-refractivity contribution is -0.184. The summed E-state index contributed by atoms with van der Waals surface area (Å²) in [6.07, 6.45) is 0.138. The molecule has 0 saturated heterocycles. The molecule has 21 heteroatoms. The molecule has 0 aliphatic heterocycles. The molecule has 336 valence electrons. The normalized spacial score (nSPS) is 15.4. The molecule has 21 nitrogen and oxygen atoms in total. The first-order chi connectivity index (χ1) is 26.7. The summed E-state index contributed by atoms with van der Waals surface area (Å²) in [7, 11) is 0.972. The highest BCUT2D eigenvalue weighted by atomic mass is 16.6. The topological polar surface area (TPSA) is 326 Å². The van der Waals surface area contributed by atoms with E-state index in [-0.39, 0.29) is 6.42 Å². The smallest absolute Gasteiger partial charge is 0.318 e. The molecule has 0 aromatic rings. The van der Waals surface area contributed by atoms with E-state index >= 15 is 0 Å². The minimum absolute atomic E-state index is 0.138. The number of esters is 7. The third-order valence-electron chi connectivity index (χ3n) is 9.99. The standard InChI is InChI=1S/C37H62O21/c1-10-31(2,11-38)25(46)53-20-36(7,21-54-26(47)32(3,12-39)13-40)29(50)57-18-35(6,24(45)52-9)19-58-30(51)37(8,22-55-27(48)33(4,14-41)15-42)23-56-28(49)34(5,16-43)17-44/h38-44H,10-23H2,1-9H3. The van der Waals surface area contributed by atoms with Crippen molar-refractivity contribution in [3.63, 3.8) is 0 Å². The molecule has 3 atom stereocenters. The first kappa shape index (κ1) is 54.0. The second kappa shape index (κ2) is 22.4. The van der Waals surface area contributed by atoms with Crippen LogP contribution in [0.4, 0.5) is 0 Å². The molecule has 3 unspecified atom stereocenters. The average Bonchev–Trinajstić information content (AvgIpc) is 3.24. The van der Waals surface area contributed by atoms with E-state index in [9.17, 15) is 69.3 Å². The highest BCUT2D eigenvalue weighted by Gasteiger charge is 2.48. The molecule has 0 radical (unpaired) electrons. The van der Waals surface area contributed by atoms with E-state index in [1.807, 2.05) is 0 Å². The van der Waals surface area contributed by atoms with E-state index in [1.54, 1.807) is 6.92 Å². The number of carbonyl (C=O) groups excluding carboxylic acids is 7. The fraction of sp³-hybridized carbons (Fsp3) is 0.811. The number of hydrogen-bond acceptors (Lipinski definition) is 21.